The van der Waals surface area contributed by atoms with Gasteiger partial charge < -0.3 is 5.32 Å². The highest BCUT2D eigenvalue weighted by molar-refractivity contribution is 6.31. The van der Waals surface area contributed by atoms with Crippen molar-refractivity contribution in [3.05, 3.63) is 87.4 Å². The van der Waals surface area contributed by atoms with Crippen LogP contribution < -0.4 is 10.9 Å². The van der Waals surface area contributed by atoms with Gasteiger partial charge in [0.15, 0.2) is 5.82 Å². The van der Waals surface area contributed by atoms with Gasteiger partial charge in [0.05, 0.1) is 0 Å². The molecule has 0 saturated heterocycles. The van der Waals surface area contributed by atoms with Gasteiger partial charge >= 0.3 is 0 Å². The summed E-state index contributed by atoms with van der Waals surface area (Å²) in [6, 6.07) is 15.3. The second-order valence-corrected chi connectivity index (χ2v) is 5.64. The molecule has 23 heavy (non-hydrogen) atoms. The average molecular weight is 326 g/mol. The number of benzene rings is 2. The van der Waals surface area contributed by atoms with Crippen LogP contribution in [-0.4, -0.2) is 9.55 Å². The normalized spacial score (nSPS) is 10.5. The standard InChI is InChI=1S/C18H16ClN3O/c1-13-5-4-7-15(11-13)22-10-9-20-17(18(22)23)21-12-14-6-2-3-8-16(14)19/h2-11H,12H2,1H3,(H,20,21). The number of hydrogen-bond donors (Lipinski definition) is 1. The van der Waals surface area contributed by atoms with Crippen molar-refractivity contribution in [3.63, 3.8) is 0 Å². The molecule has 1 heterocycles. The van der Waals surface area contributed by atoms with Crippen LogP contribution in [0.3, 0.4) is 0 Å². The molecule has 0 aliphatic rings. The quantitative estimate of drug-likeness (QED) is 0.793. The summed E-state index contributed by atoms with van der Waals surface area (Å²) >= 11 is 6.13. The fraction of sp³-hybridized carbons (Fsp3) is 0.111. The molecule has 0 saturated carbocycles. The first-order valence-corrected chi connectivity index (χ1v) is 7.65. The molecule has 116 valence electrons. The highest BCUT2D eigenvalue weighted by Gasteiger charge is 2.07. The Balaban J connectivity index is 1.89. The number of nitrogens with zero attached hydrogens (tertiary/aromatic N) is 2. The van der Waals surface area contributed by atoms with E-state index in [2.05, 4.69) is 10.3 Å². The van der Waals surface area contributed by atoms with Gasteiger partial charge in [0.2, 0.25) is 0 Å². The summed E-state index contributed by atoms with van der Waals surface area (Å²) in [6.07, 6.45) is 3.27. The fourth-order valence-electron chi connectivity index (χ4n) is 2.33. The van der Waals surface area contributed by atoms with Crippen molar-refractivity contribution in [2.24, 2.45) is 0 Å². The number of halogens is 1. The van der Waals surface area contributed by atoms with E-state index in [-0.39, 0.29) is 5.56 Å². The molecular weight excluding hydrogens is 310 g/mol. The molecule has 0 aliphatic carbocycles. The van der Waals surface area contributed by atoms with E-state index >= 15 is 0 Å². The molecule has 0 bridgehead atoms. The lowest BCUT2D eigenvalue weighted by molar-refractivity contribution is 0.943. The maximum absolute atomic E-state index is 12.6. The third-order valence-corrected chi connectivity index (χ3v) is 3.89. The number of anilines is 1. The van der Waals surface area contributed by atoms with E-state index in [9.17, 15) is 4.79 Å². The smallest absolute Gasteiger partial charge is 0.297 e. The van der Waals surface area contributed by atoms with Gasteiger partial charge in [-0.15, -0.1) is 0 Å². The van der Waals surface area contributed by atoms with E-state index in [4.69, 9.17) is 11.6 Å². The van der Waals surface area contributed by atoms with Crippen molar-refractivity contribution >= 4 is 17.4 Å². The zero-order valence-electron chi connectivity index (χ0n) is 12.7. The molecule has 0 radical (unpaired) electrons. The van der Waals surface area contributed by atoms with Gasteiger partial charge in [0.1, 0.15) is 0 Å². The Morgan fingerprint density at radius 2 is 2.00 bits per heavy atom. The van der Waals surface area contributed by atoms with Crippen LogP contribution in [0.15, 0.2) is 65.7 Å². The van der Waals surface area contributed by atoms with Gasteiger partial charge in [-0.05, 0) is 36.2 Å². The first kappa shape index (κ1) is 15.3. The zero-order chi connectivity index (χ0) is 16.2. The van der Waals surface area contributed by atoms with Crippen molar-refractivity contribution < 1.29 is 0 Å². The number of hydrogen-bond acceptors (Lipinski definition) is 3. The van der Waals surface area contributed by atoms with Gasteiger partial charge in [-0.2, -0.15) is 0 Å². The molecule has 0 spiro atoms. The molecule has 2 aromatic carbocycles. The van der Waals surface area contributed by atoms with Gasteiger partial charge in [0.25, 0.3) is 5.56 Å². The second kappa shape index (κ2) is 6.67. The number of nitrogens with one attached hydrogen (secondary N) is 1. The van der Waals surface area contributed by atoms with Crippen molar-refractivity contribution in [1.82, 2.24) is 9.55 Å². The van der Waals surface area contributed by atoms with Crippen molar-refractivity contribution in [1.29, 1.82) is 0 Å². The van der Waals surface area contributed by atoms with E-state index in [1.165, 1.54) is 0 Å². The first-order chi connectivity index (χ1) is 11.1. The minimum atomic E-state index is -0.190. The topological polar surface area (TPSA) is 46.9 Å². The summed E-state index contributed by atoms with van der Waals surface area (Å²) in [5.74, 6) is 0.300. The lowest BCUT2D eigenvalue weighted by Gasteiger charge is -2.10. The monoisotopic (exact) mass is 325 g/mol. The molecule has 4 nitrogen and oxygen atoms in total. The van der Waals surface area contributed by atoms with Crippen LogP contribution >= 0.6 is 11.6 Å². The van der Waals surface area contributed by atoms with E-state index in [0.717, 1.165) is 16.8 Å². The largest absolute Gasteiger partial charge is 0.361 e. The van der Waals surface area contributed by atoms with Crippen molar-refractivity contribution in [2.45, 2.75) is 13.5 Å². The third kappa shape index (κ3) is 3.43. The maximum Gasteiger partial charge on any atom is 0.297 e. The number of aromatic nitrogens is 2. The summed E-state index contributed by atoms with van der Waals surface area (Å²) in [5, 5.41) is 3.73. The molecule has 1 aromatic heterocycles. The molecule has 0 unspecified atom stereocenters. The summed E-state index contributed by atoms with van der Waals surface area (Å²) in [6.45, 7) is 2.44. The van der Waals surface area contributed by atoms with Gasteiger partial charge in [-0.3, -0.25) is 9.36 Å². The predicted molar refractivity (Wildman–Crippen MR) is 93.3 cm³/mol. The fourth-order valence-corrected chi connectivity index (χ4v) is 2.54. The predicted octanol–water partition coefficient (Wildman–Crippen LogP) is 3.81. The van der Waals surface area contributed by atoms with Gasteiger partial charge in [-0.25, -0.2) is 4.98 Å². The second-order valence-electron chi connectivity index (χ2n) is 5.23. The van der Waals surface area contributed by atoms with E-state index in [1.807, 2.05) is 55.5 Å². The van der Waals surface area contributed by atoms with E-state index in [0.29, 0.717) is 17.4 Å². The highest BCUT2D eigenvalue weighted by atomic mass is 35.5. The Bertz CT molecular complexity index is 889. The molecule has 3 aromatic rings. The molecule has 0 fully saturated rings. The van der Waals surface area contributed by atoms with Crippen molar-refractivity contribution in [3.8, 4) is 5.69 Å². The number of aryl methyl sites for hydroxylation is 1. The minimum Gasteiger partial charge on any atom is -0.361 e. The average Bonchev–Trinajstić information content (AvgIpc) is 2.55. The Hall–Kier alpha value is -2.59. The maximum atomic E-state index is 12.6. The minimum absolute atomic E-state index is 0.190. The van der Waals surface area contributed by atoms with Crippen LogP contribution in [-0.2, 0) is 6.54 Å². The van der Waals surface area contributed by atoms with Crippen LogP contribution in [0.5, 0.6) is 0 Å². The van der Waals surface area contributed by atoms with Crippen molar-refractivity contribution in [2.75, 3.05) is 5.32 Å². The van der Waals surface area contributed by atoms with Crippen LogP contribution in [0.2, 0.25) is 5.02 Å². The molecule has 3 rings (SSSR count). The third-order valence-electron chi connectivity index (χ3n) is 3.52. The Kier molecular flexibility index (Phi) is 4.44. The molecule has 0 atom stereocenters. The van der Waals surface area contributed by atoms with E-state index < -0.39 is 0 Å². The molecule has 1 N–H and O–H groups in total. The van der Waals surface area contributed by atoms with Crippen LogP contribution in [0, 0.1) is 6.92 Å². The molecular formula is C18H16ClN3O. The summed E-state index contributed by atoms with van der Waals surface area (Å²) in [5.41, 5.74) is 2.64. The molecule has 0 amide bonds. The summed E-state index contributed by atoms with van der Waals surface area (Å²) in [7, 11) is 0. The van der Waals surface area contributed by atoms with Gasteiger partial charge in [-0.1, -0.05) is 41.9 Å². The Morgan fingerprint density at radius 3 is 2.78 bits per heavy atom. The first-order valence-electron chi connectivity index (χ1n) is 7.27. The molecule has 5 heteroatoms. The lowest BCUT2D eigenvalue weighted by atomic mass is 10.2. The van der Waals surface area contributed by atoms with Crippen LogP contribution in [0.25, 0.3) is 5.69 Å². The van der Waals surface area contributed by atoms with Crippen LogP contribution in [0.1, 0.15) is 11.1 Å². The molecule has 0 aliphatic heterocycles. The summed E-state index contributed by atoms with van der Waals surface area (Å²) in [4.78, 5) is 16.7. The zero-order valence-corrected chi connectivity index (χ0v) is 13.4. The van der Waals surface area contributed by atoms with Gasteiger partial charge in [0, 0.05) is 29.6 Å². The number of rotatable bonds is 4. The SMILES string of the molecule is Cc1cccc(-n2ccnc(NCc3ccccc3Cl)c2=O)c1. The Morgan fingerprint density at radius 1 is 1.17 bits per heavy atom. The summed E-state index contributed by atoms with van der Waals surface area (Å²) < 4.78 is 1.58. The van der Waals surface area contributed by atoms with E-state index in [1.54, 1.807) is 17.0 Å². The highest BCUT2D eigenvalue weighted by Crippen LogP contribution is 2.15. The Labute approximate surface area is 139 Å². The lowest BCUT2D eigenvalue weighted by Crippen LogP contribution is -2.23. The van der Waals surface area contributed by atoms with Crippen LogP contribution in [0.4, 0.5) is 5.82 Å².